The maximum atomic E-state index is 12.7. The number of rotatable bonds is 4. The van der Waals surface area contributed by atoms with Gasteiger partial charge in [-0.05, 0) is 17.7 Å². The summed E-state index contributed by atoms with van der Waals surface area (Å²) in [7, 11) is 0. The molecule has 0 spiro atoms. The van der Waals surface area contributed by atoms with Crippen LogP contribution in [0.25, 0.3) is 0 Å². The zero-order valence-electron chi connectivity index (χ0n) is 15.1. The molecule has 0 aromatic heterocycles. The van der Waals surface area contributed by atoms with Crippen molar-refractivity contribution in [2.45, 2.75) is 23.1 Å². The highest BCUT2D eigenvalue weighted by molar-refractivity contribution is 8.01. The second-order valence-corrected chi connectivity index (χ2v) is 8.18. The van der Waals surface area contributed by atoms with Gasteiger partial charge in [0.25, 0.3) is 0 Å². The molecular weight excluding hydrogens is 358 g/mol. The number of amides is 2. The molecular formula is C21H23N3O2S. The van der Waals surface area contributed by atoms with Gasteiger partial charge in [-0.3, -0.25) is 14.5 Å². The number of nitrogens with zero attached hydrogens (tertiary/aromatic N) is 2. The lowest BCUT2D eigenvalue weighted by atomic mass is 10.2. The lowest BCUT2D eigenvalue weighted by molar-refractivity contribution is -0.134. The molecule has 6 heteroatoms. The summed E-state index contributed by atoms with van der Waals surface area (Å²) in [6, 6.07) is 18.1. The van der Waals surface area contributed by atoms with Crippen LogP contribution in [0.15, 0.2) is 59.5 Å². The topological polar surface area (TPSA) is 52.7 Å². The fraction of sp³-hybridized carbons (Fsp3) is 0.333. The van der Waals surface area contributed by atoms with Gasteiger partial charge in [0, 0.05) is 44.0 Å². The van der Waals surface area contributed by atoms with E-state index in [0.29, 0.717) is 0 Å². The molecule has 1 saturated heterocycles. The van der Waals surface area contributed by atoms with E-state index in [0.717, 1.165) is 43.3 Å². The van der Waals surface area contributed by atoms with Crippen LogP contribution in [0.2, 0.25) is 0 Å². The minimum atomic E-state index is -0.352. The monoisotopic (exact) mass is 381 g/mol. The summed E-state index contributed by atoms with van der Waals surface area (Å²) in [5, 5.41) is 2.56. The number of hydrogen-bond donors (Lipinski definition) is 1. The molecule has 2 aliphatic rings. The van der Waals surface area contributed by atoms with Crippen LogP contribution in [0.3, 0.4) is 0 Å². The quantitative estimate of drug-likeness (QED) is 0.885. The Bertz CT molecular complexity index is 819. The molecule has 2 aromatic carbocycles. The molecule has 5 nitrogen and oxygen atoms in total. The number of nitrogens with one attached hydrogen (secondary N) is 1. The summed E-state index contributed by atoms with van der Waals surface area (Å²) in [6.07, 6.45) is 0.253. The Balaban J connectivity index is 1.29. The first-order valence-corrected chi connectivity index (χ1v) is 10.2. The van der Waals surface area contributed by atoms with E-state index in [-0.39, 0.29) is 23.5 Å². The number of hydrogen-bond acceptors (Lipinski definition) is 4. The van der Waals surface area contributed by atoms with E-state index in [1.807, 2.05) is 35.2 Å². The van der Waals surface area contributed by atoms with Gasteiger partial charge >= 0.3 is 0 Å². The van der Waals surface area contributed by atoms with Crippen LogP contribution in [0.5, 0.6) is 0 Å². The SMILES string of the molecule is O=C1Nc2ccccc2S[C@H]1CC(=O)N1CCN(Cc2ccccc2)CC1. The van der Waals surface area contributed by atoms with Crippen molar-refractivity contribution < 1.29 is 9.59 Å². The third-order valence-corrected chi connectivity index (χ3v) is 6.32. The van der Waals surface area contributed by atoms with Gasteiger partial charge in [0.05, 0.1) is 10.9 Å². The molecule has 2 aliphatic heterocycles. The minimum absolute atomic E-state index is 0.0707. The van der Waals surface area contributed by atoms with Crippen molar-refractivity contribution in [3.05, 3.63) is 60.2 Å². The number of anilines is 1. The second-order valence-electron chi connectivity index (χ2n) is 6.94. The van der Waals surface area contributed by atoms with Gasteiger partial charge in [0.15, 0.2) is 0 Å². The summed E-state index contributed by atoms with van der Waals surface area (Å²) in [6.45, 7) is 4.10. The van der Waals surface area contributed by atoms with Crippen LogP contribution < -0.4 is 5.32 Å². The Labute approximate surface area is 163 Å². The zero-order chi connectivity index (χ0) is 18.6. The Kier molecular flexibility index (Phi) is 5.45. The maximum absolute atomic E-state index is 12.7. The van der Waals surface area contributed by atoms with Gasteiger partial charge in [-0.25, -0.2) is 0 Å². The molecule has 1 fully saturated rings. The van der Waals surface area contributed by atoms with E-state index in [1.54, 1.807) is 0 Å². The zero-order valence-corrected chi connectivity index (χ0v) is 16.0. The first kappa shape index (κ1) is 18.1. The van der Waals surface area contributed by atoms with Gasteiger partial charge in [0.1, 0.15) is 0 Å². The lowest BCUT2D eigenvalue weighted by Gasteiger charge is -2.35. The summed E-state index contributed by atoms with van der Waals surface area (Å²) in [5.41, 5.74) is 2.14. The van der Waals surface area contributed by atoms with Gasteiger partial charge in [-0.15, -0.1) is 11.8 Å². The van der Waals surface area contributed by atoms with Crippen molar-refractivity contribution in [2.24, 2.45) is 0 Å². The largest absolute Gasteiger partial charge is 0.340 e. The third-order valence-electron chi connectivity index (χ3n) is 5.04. The molecule has 1 atom stereocenters. The Morgan fingerprint density at radius 2 is 1.70 bits per heavy atom. The average molecular weight is 382 g/mol. The molecule has 2 amide bonds. The van der Waals surface area contributed by atoms with Crippen LogP contribution in [-0.4, -0.2) is 53.0 Å². The van der Waals surface area contributed by atoms with E-state index >= 15 is 0 Å². The predicted molar refractivity (Wildman–Crippen MR) is 108 cm³/mol. The molecule has 27 heavy (non-hydrogen) atoms. The number of carbonyl (C=O) groups excluding carboxylic acids is 2. The molecule has 0 unspecified atom stereocenters. The molecule has 0 bridgehead atoms. The van der Waals surface area contributed by atoms with Crippen molar-refractivity contribution in [1.29, 1.82) is 0 Å². The number of thioether (sulfide) groups is 1. The van der Waals surface area contributed by atoms with Crippen molar-refractivity contribution >= 4 is 29.3 Å². The van der Waals surface area contributed by atoms with Crippen LogP contribution in [0.4, 0.5) is 5.69 Å². The molecule has 0 aliphatic carbocycles. The van der Waals surface area contributed by atoms with Crippen molar-refractivity contribution in [3.8, 4) is 0 Å². The standard InChI is InChI=1S/C21H23N3O2S/c25-20(14-19-21(26)22-17-8-4-5-9-18(17)27-19)24-12-10-23(11-13-24)15-16-6-2-1-3-7-16/h1-9,19H,10-15H2,(H,22,26)/t19-/m0/s1. The number of para-hydroxylation sites is 1. The number of fused-ring (bicyclic) bond motifs is 1. The maximum Gasteiger partial charge on any atom is 0.238 e. The summed E-state index contributed by atoms with van der Waals surface area (Å²) in [4.78, 5) is 30.3. The highest BCUT2D eigenvalue weighted by atomic mass is 32.2. The highest BCUT2D eigenvalue weighted by Crippen LogP contribution is 2.36. The molecule has 0 saturated carbocycles. The fourth-order valence-electron chi connectivity index (χ4n) is 3.51. The molecule has 140 valence electrons. The highest BCUT2D eigenvalue weighted by Gasteiger charge is 2.31. The molecule has 2 aromatic rings. The summed E-state index contributed by atoms with van der Waals surface area (Å²) >= 11 is 1.49. The first-order chi connectivity index (χ1) is 13.2. The predicted octanol–water partition coefficient (Wildman–Crippen LogP) is 2.83. The third kappa shape index (κ3) is 4.34. The minimum Gasteiger partial charge on any atom is -0.340 e. The molecule has 1 N–H and O–H groups in total. The number of benzene rings is 2. The van der Waals surface area contributed by atoms with Crippen LogP contribution >= 0.6 is 11.8 Å². The molecule has 0 radical (unpaired) electrons. The first-order valence-electron chi connectivity index (χ1n) is 9.29. The van der Waals surface area contributed by atoms with E-state index in [9.17, 15) is 9.59 Å². The van der Waals surface area contributed by atoms with E-state index < -0.39 is 0 Å². The second kappa shape index (κ2) is 8.15. The summed E-state index contributed by atoms with van der Waals surface area (Å²) < 4.78 is 0. The van der Waals surface area contributed by atoms with Gasteiger partial charge in [-0.1, -0.05) is 42.5 Å². The fourth-order valence-corrected chi connectivity index (χ4v) is 4.61. The smallest absolute Gasteiger partial charge is 0.238 e. The van der Waals surface area contributed by atoms with Crippen LogP contribution in [0.1, 0.15) is 12.0 Å². The Morgan fingerprint density at radius 3 is 2.48 bits per heavy atom. The Hall–Kier alpha value is -2.31. The van der Waals surface area contributed by atoms with Gasteiger partial charge in [0.2, 0.25) is 11.8 Å². The average Bonchev–Trinajstić information content (AvgIpc) is 2.70. The van der Waals surface area contributed by atoms with Gasteiger partial charge in [-0.2, -0.15) is 0 Å². The van der Waals surface area contributed by atoms with Crippen LogP contribution in [0, 0.1) is 0 Å². The van der Waals surface area contributed by atoms with Gasteiger partial charge < -0.3 is 10.2 Å². The Morgan fingerprint density at radius 1 is 1.00 bits per heavy atom. The normalized spacial score (nSPS) is 20.1. The number of carbonyl (C=O) groups is 2. The van der Waals surface area contributed by atoms with Crippen molar-refractivity contribution in [2.75, 3.05) is 31.5 Å². The molecule has 2 heterocycles. The molecule has 4 rings (SSSR count). The number of piperazine rings is 1. The van der Waals surface area contributed by atoms with E-state index in [2.05, 4.69) is 34.5 Å². The van der Waals surface area contributed by atoms with Crippen LogP contribution in [-0.2, 0) is 16.1 Å². The van der Waals surface area contributed by atoms with Crippen molar-refractivity contribution in [1.82, 2.24) is 9.80 Å². The van der Waals surface area contributed by atoms with E-state index in [4.69, 9.17) is 0 Å². The van der Waals surface area contributed by atoms with Crippen molar-refractivity contribution in [3.63, 3.8) is 0 Å². The lowest BCUT2D eigenvalue weighted by Crippen LogP contribution is -2.49. The summed E-state index contributed by atoms with van der Waals surface area (Å²) in [5.74, 6) is -0.00356. The van der Waals surface area contributed by atoms with E-state index in [1.165, 1.54) is 17.3 Å².